The van der Waals surface area contributed by atoms with E-state index in [1.54, 1.807) is 40.7 Å². The number of fused-ring (bicyclic) bond motifs is 6. The lowest BCUT2D eigenvalue weighted by molar-refractivity contribution is -0.349. The summed E-state index contributed by atoms with van der Waals surface area (Å²) < 4.78 is 41.1. The molecule has 0 amide bonds. The summed E-state index contributed by atoms with van der Waals surface area (Å²) in [5, 5.41) is 34.5. The summed E-state index contributed by atoms with van der Waals surface area (Å²) in [6.07, 6.45) is 1.70. The van der Waals surface area contributed by atoms with Crippen LogP contribution in [0.5, 0.6) is 0 Å². The number of allylic oxidation sites excluding steroid dienone is 2. The lowest BCUT2D eigenvalue weighted by Crippen LogP contribution is -2.62. The van der Waals surface area contributed by atoms with E-state index in [-0.39, 0.29) is 38.5 Å². The molecule has 0 aromatic heterocycles. The van der Waals surface area contributed by atoms with Gasteiger partial charge in [0.1, 0.15) is 24.1 Å². The summed E-state index contributed by atoms with van der Waals surface area (Å²) in [6, 6.07) is 0. The van der Waals surface area contributed by atoms with Gasteiger partial charge in [-0.3, -0.25) is 9.59 Å². The Hall–Kier alpha value is -3.56. The summed E-state index contributed by atoms with van der Waals surface area (Å²) >= 11 is 0. The monoisotopic (exact) mass is 790 g/mol. The van der Waals surface area contributed by atoms with Crippen LogP contribution in [-0.4, -0.2) is 108 Å². The van der Waals surface area contributed by atoms with Gasteiger partial charge in [0.05, 0.1) is 62.0 Å². The summed E-state index contributed by atoms with van der Waals surface area (Å²) in [6.45, 7) is 14.0. The number of rotatable bonds is 4. The Morgan fingerprint density at radius 3 is 2.20 bits per heavy atom. The number of carbonyl (C=O) groups excluding carboxylic acids is 4. The molecule has 4 heterocycles. The molecule has 2 unspecified atom stereocenters. The Morgan fingerprint density at radius 1 is 0.911 bits per heavy atom. The Kier molecular flexibility index (Phi) is 14.5. The highest BCUT2D eigenvalue weighted by atomic mass is 16.6. The molecule has 0 spiro atoms. The van der Waals surface area contributed by atoms with Crippen LogP contribution in [0.1, 0.15) is 107 Å². The van der Waals surface area contributed by atoms with Gasteiger partial charge in [-0.25, -0.2) is 9.59 Å². The average Bonchev–Trinajstić information content (AvgIpc) is 3.08. The highest BCUT2D eigenvalue weighted by Gasteiger charge is 2.58. The van der Waals surface area contributed by atoms with Crippen molar-refractivity contribution in [2.45, 2.75) is 161 Å². The molecule has 0 aromatic carbocycles. The van der Waals surface area contributed by atoms with Crippen LogP contribution in [0.25, 0.3) is 0 Å². The zero-order valence-corrected chi connectivity index (χ0v) is 34.5. The van der Waals surface area contributed by atoms with Crippen molar-refractivity contribution in [3.05, 3.63) is 47.3 Å². The van der Waals surface area contributed by atoms with Crippen molar-refractivity contribution in [3.8, 4) is 0 Å². The zero-order valence-electron chi connectivity index (χ0n) is 34.5. The quantitative estimate of drug-likeness (QED) is 0.154. The fraction of sp³-hybridized carbons (Fsp3) is 0.714. The number of aliphatic hydroxyl groups is 3. The van der Waals surface area contributed by atoms with E-state index < -0.39 is 101 Å². The smallest absolute Gasteiger partial charge is 0.330 e. The van der Waals surface area contributed by atoms with E-state index in [4.69, 9.17) is 33.2 Å². The molecule has 0 saturated carbocycles. The summed E-state index contributed by atoms with van der Waals surface area (Å²) in [7, 11) is 2.57. The van der Waals surface area contributed by atoms with Gasteiger partial charge >= 0.3 is 23.9 Å². The number of aliphatic hydroxyl groups excluding tert-OH is 2. The number of hydrogen-bond acceptors (Lipinski definition) is 14. The van der Waals surface area contributed by atoms with Crippen molar-refractivity contribution in [2.75, 3.05) is 14.2 Å². The Balaban J connectivity index is 1.81. The van der Waals surface area contributed by atoms with E-state index in [1.165, 1.54) is 33.3 Å². The van der Waals surface area contributed by atoms with Crippen molar-refractivity contribution >= 4 is 23.9 Å². The van der Waals surface area contributed by atoms with Gasteiger partial charge < -0.3 is 48.5 Å². The molecule has 4 rings (SSSR count). The van der Waals surface area contributed by atoms with Gasteiger partial charge in [0.2, 0.25) is 0 Å². The first kappa shape index (κ1) is 45.1. The fourth-order valence-electron chi connectivity index (χ4n) is 7.44. The third-order valence-electron chi connectivity index (χ3n) is 11.1. The van der Waals surface area contributed by atoms with Crippen LogP contribution in [0.15, 0.2) is 47.3 Å². The second kappa shape index (κ2) is 17.9. The highest BCUT2D eigenvalue weighted by Crippen LogP contribution is 2.49. The van der Waals surface area contributed by atoms with E-state index in [1.807, 2.05) is 26.0 Å². The maximum atomic E-state index is 13.3. The molecule has 6 bridgehead atoms. The predicted molar refractivity (Wildman–Crippen MR) is 202 cm³/mol. The first-order chi connectivity index (χ1) is 25.9. The molecule has 4 aliphatic rings. The van der Waals surface area contributed by atoms with Crippen molar-refractivity contribution in [3.63, 3.8) is 0 Å². The minimum absolute atomic E-state index is 0.0684. The average molecular weight is 791 g/mol. The predicted octanol–water partition coefficient (Wildman–Crippen LogP) is 4.68. The molecule has 314 valence electrons. The molecule has 14 nitrogen and oxygen atoms in total. The number of methoxy groups -OCH3 is 2. The topological polar surface area (TPSA) is 194 Å². The molecule has 2 saturated heterocycles. The standard InChI is InChI=1S/C42H62O14/c1-24(43)32-21-29-14-26(18-36(46)51-10)16-33(53-29)40(5,6)12-11-28-13-25(17-35(45)50-9)15-31(52-28)23-42(49)41(7,8)34(55-38(48)39(2,3)4)22-30(56-42)19-27(44)20-37(47)54-32/h11-12,16-18,24,27-32,34,43-44,49H,13-15,19-23H2,1-10H3/b12-11+,25-17+,26-18+/t24-,27-,28+,29?,30-,31+,32?,34+,42+/m1/s1. The van der Waals surface area contributed by atoms with Gasteiger partial charge in [-0.1, -0.05) is 31.6 Å². The third kappa shape index (κ3) is 11.5. The molecule has 0 aliphatic carbocycles. The maximum absolute atomic E-state index is 13.3. The molecule has 2 fully saturated rings. The number of esters is 4. The van der Waals surface area contributed by atoms with Crippen LogP contribution in [0, 0.1) is 16.2 Å². The van der Waals surface area contributed by atoms with E-state index in [2.05, 4.69) is 0 Å². The second-order valence-electron chi connectivity index (χ2n) is 17.7. The maximum Gasteiger partial charge on any atom is 0.330 e. The Labute approximate surface area is 330 Å². The number of carbonyl (C=O) groups is 4. The molecule has 0 radical (unpaired) electrons. The second-order valence-corrected chi connectivity index (χ2v) is 17.7. The Bertz CT molecular complexity index is 1580. The number of hydrogen-bond donors (Lipinski definition) is 3. The van der Waals surface area contributed by atoms with Gasteiger partial charge in [-0.15, -0.1) is 0 Å². The van der Waals surface area contributed by atoms with Crippen LogP contribution in [0.3, 0.4) is 0 Å². The van der Waals surface area contributed by atoms with Crippen LogP contribution < -0.4 is 0 Å². The van der Waals surface area contributed by atoms with Crippen molar-refractivity contribution < 1.29 is 67.7 Å². The lowest BCUT2D eigenvalue weighted by Gasteiger charge is -2.54. The van der Waals surface area contributed by atoms with Crippen LogP contribution in [0.2, 0.25) is 0 Å². The normalized spacial score (nSPS) is 35.1. The van der Waals surface area contributed by atoms with Crippen molar-refractivity contribution in [1.82, 2.24) is 0 Å². The van der Waals surface area contributed by atoms with Gasteiger partial charge in [0, 0.05) is 49.7 Å². The van der Waals surface area contributed by atoms with E-state index >= 15 is 0 Å². The third-order valence-corrected chi connectivity index (χ3v) is 11.1. The minimum atomic E-state index is -1.97. The first-order valence-electron chi connectivity index (χ1n) is 19.4. The zero-order chi connectivity index (χ0) is 41.8. The molecule has 9 atom stereocenters. The number of ether oxygens (including phenoxy) is 7. The van der Waals surface area contributed by atoms with Crippen molar-refractivity contribution in [1.29, 1.82) is 0 Å². The highest BCUT2D eigenvalue weighted by molar-refractivity contribution is 5.83. The molecule has 4 aliphatic heterocycles. The SMILES string of the molecule is COC(=O)/C=C1/C[C@H]2C[C@]3(O)O[C@H](C[C@@H](O)CC(=O)OC([C@@H](C)O)CC4C/C(=C\C(=O)OC)C=C(O4)C(C)(C)/C=C/[C@@H](C1)O2)C[C@H](OC(=O)C(C)(C)C)C3(C)C. The number of cyclic esters (lactones) is 1. The largest absolute Gasteiger partial charge is 0.493 e. The Morgan fingerprint density at radius 2 is 1.57 bits per heavy atom. The summed E-state index contributed by atoms with van der Waals surface area (Å²) in [5.74, 6) is -3.82. The summed E-state index contributed by atoms with van der Waals surface area (Å²) in [4.78, 5) is 51.3. The van der Waals surface area contributed by atoms with Crippen LogP contribution in [0.4, 0.5) is 0 Å². The van der Waals surface area contributed by atoms with E-state index in [0.29, 0.717) is 17.8 Å². The van der Waals surface area contributed by atoms with E-state index in [0.717, 1.165) is 5.57 Å². The van der Waals surface area contributed by atoms with Crippen molar-refractivity contribution in [2.24, 2.45) is 16.2 Å². The summed E-state index contributed by atoms with van der Waals surface area (Å²) in [5.41, 5.74) is -1.49. The molecular formula is C42H62O14. The molecular weight excluding hydrogens is 728 g/mol. The molecule has 3 N–H and O–H groups in total. The van der Waals surface area contributed by atoms with Crippen LogP contribution in [-0.2, 0) is 52.3 Å². The van der Waals surface area contributed by atoms with Gasteiger partial charge in [0.15, 0.2) is 5.79 Å². The fourth-order valence-corrected chi connectivity index (χ4v) is 7.44. The molecule has 56 heavy (non-hydrogen) atoms. The van der Waals surface area contributed by atoms with Gasteiger partial charge in [0.25, 0.3) is 0 Å². The van der Waals surface area contributed by atoms with Gasteiger partial charge in [-0.05, 0) is 66.0 Å². The van der Waals surface area contributed by atoms with Gasteiger partial charge in [-0.2, -0.15) is 0 Å². The first-order valence-corrected chi connectivity index (χ1v) is 19.4. The molecule has 0 aromatic rings. The van der Waals surface area contributed by atoms with Crippen LogP contribution >= 0.6 is 0 Å². The molecule has 14 heteroatoms. The lowest BCUT2D eigenvalue weighted by atomic mass is 9.70. The minimum Gasteiger partial charge on any atom is -0.493 e. The van der Waals surface area contributed by atoms with E-state index in [9.17, 15) is 34.5 Å².